The van der Waals surface area contributed by atoms with Gasteiger partial charge in [-0.2, -0.15) is 0 Å². The highest BCUT2D eigenvalue weighted by atomic mass is 16.3. The van der Waals surface area contributed by atoms with Crippen molar-refractivity contribution in [2.75, 3.05) is 20.2 Å². The van der Waals surface area contributed by atoms with Crippen molar-refractivity contribution in [1.82, 2.24) is 10.6 Å². The van der Waals surface area contributed by atoms with Gasteiger partial charge in [-0.3, -0.25) is 4.79 Å². The molecular weight excluding hydrogens is 204 g/mol. The smallest absolute Gasteiger partial charge is 0.237 e. The second kappa shape index (κ2) is 8.53. The van der Waals surface area contributed by atoms with Gasteiger partial charge in [0.2, 0.25) is 5.91 Å². The molecule has 0 aliphatic carbocycles. The van der Waals surface area contributed by atoms with Crippen LogP contribution in [0.4, 0.5) is 0 Å². The van der Waals surface area contributed by atoms with Gasteiger partial charge in [-0.05, 0) is 31.7 Å². The van der Waals surface area contributed by atoms with Crippen molar-refractivity contribution in [3.63, 3.8) is 0 Å². The molecular formula is C12H26N2O2. The zero-order valence-corrected chi connectivity index (χ0v) is 10.9. The van der Waals surface area contributed by atoms with E-state index in [-0.39, 0.29) is 24.5 Å². The van der Waals surface area contributed by atoms with E-state index in [1.807, 2.05) is 14.0 Å². The van der Waals surface area contributed by atoms with E-state index in [1.165, 1.54) is 0 Å². The monoisotopic (exact) mass is 230 g/mol. The Morgan fingerprint density at radius 2 is 1.94 bits per heavy atom. The molecule has 96 valence electrons. The van der Waals surface area contributed by atoms with Crippen LogP contribution in [0.5, 0.6) is 0 Å². The molecule has 0 heterocycles. The fraction of sp³-hybridized carbons (Fsp3) is 0.917. The first kappa shape index (κ1) is 15.4. The molecule has 2 atom stereocenters. The first-order valence-electron chi connectivity index (χ1n) is 6.07. The molecule has 0 radical (unpaired) electrons. The summed E-state index contributed by atoms with van der Waals surface area (Å²) in [6.45, 7) is 6.99. The number of hydrogen-bond donors (Lipinski definition) is 3. The molecule has 0 spiro atoms. The fourth-order valence-electron chi connectivity index (χ4n) is 1.48. The number of carbonyl (C=O) groups excluding carboxylic acids is 1. The Bertz CT molecular complexity index is 195. The minimum Gasteiger partial charge on any atom is -0.396 e. The molecule has 2 unspecified atom stereocenters. The summed E-state index contributed by atoms with van der Waals surface area (Å²) in [6.07, 6.45) is 1.66. The first-order chi connectivity index (χ1) is 7.51. The van der Waals surface area contributed by atoms with Gasteiger partial charge < -0.3 is 15.7 Å². The number of hydrogen-bond acceptors (Lipinski definition) is 3. The molecule has 4 heteroatoms. The molecule has 0 aliphatic rings. The molecule has 0 aromatic heterocycles. The lowest BCUT2D eigenvalue weighted by Crippen LogP contribution is -2.43. The van der Waals surface area contributed by atoms with Gasteiger partial charge in [-0.15, -0.1) is 0 Å². The average Bonchev–Trinajstić information content (AvgIpc) is 2.24. The maximum absolute atomic E-state index is 11.7. The first-order valence-corrected chi connectivity index (χ1v) is 6.07. The van der Waals surface area contributed by atoms with E-state index in [0.29, 0.717) is 12.5 Å². The number of amides is 1. The van der Waals surface area contributed by atoms with Gasteiger partial charge in [0.25, 0.3) is 0 Å². The number of nitrogens with one attached hydrogen (secondary N) is 2. The summed E-state index contributed by atoms with van der Waals surface area (Å²) in [4.78, 5) is 11.7. The number of rotatable bonds is 8. The van der Waals surface area contributed by atoms with Crippen LogP contribution in [-0.2, 0) is 4.79 Å². The Labute approximate surface area is 98.8 Å². The standard InChI is InChI=1S/C12H26N2O2/c1-9(2)7-11(13-4)12(16)14-6-5-10(3)8-15/h9-11,13,15H,5-8H2,1-4H3,(H,14,16). The lowest BCUT2D eigenvalue weighted by Gasteiger charge is -2.18. The van der Waals surface area contributed by atoms with Crippen LogP contribution in [0.15, 0.2) is 0 Å². The van der Waals surface area contributed by atoms with Crippen LogP contribution in [0.2, 0.25) is 0 Å². The molecule has 4 nitrogen and oxygen atoms in total. The highest BCUT2D eigenvalue weighted by Crippen LogP contribution is 2.04. The van der Waals surface area contributed by atoms with Crippen molar-refractivity contribution in [3.8, 4) is 0 Å². The lowest BCUT2D eigenvalue weighted by molar-refractivity contribution is -0.123. The van der Waals surface area contributed by atoms with Gasteiger partial charge in [-0.25, -0.2) is 0 Å². The zero-order valence-electron chi connectivity index (χ0n) is 10.9. The summed E-state index contributed by atoms with van der Waals surface area (Å²) in [5, 5.41) is 14.8. The van der Waals surface area contributed by atoms with Gasteiger partial charge in [-0.1, -0.05) is 20.8 Å². The molecule has 0 saturated heterocycles. The predicted octanol–water partition coefficient (Wildman–Crippen LogP) is 0.755. The fourth-order valence-corrected chi connectivity index (χ4v) is 1.48. The Balaban J connectivity index is 3.84. The molecule has 0 aromatic rings. The lowest BCUT2D eigenvalue weighted by atomic mass is 10.0. The quantitative estimate of drug-likeness (QED) is 0.577. The number of likely N-dealkylation sites (N-methyl/N-ethyl adjacent to an activating group) is 1. The second-order valence-corrected chi connectivity index (χ2v) is 4.84. The van der Waals surface area contributed by atoms with Crippen LogP contribution in [-0.4, -0.2) is 37.3 Å². The normalized spacial score (nSPS) is 14.9. The van der Waals surface area contributed by atoms with E-state index >= 15 is 0 Å². The third-order valence-corrected chi connectivity index (χ3v) is 2.62. The zero-order chi connectivity index (χ0) is 12.6. The summed E-state index contributed by atoms with van der Waals surface area (Å²) in [7, 11) is 1.81. The summed E-state index contributed by atoms with van der Waals surface area (Å²) in [5.74, 6) is 0.805. The third kappa shape index (κ3) is 6.80. The van der Waals surface area contributed by atoms with E-state index < -0.39 is 0 Å². The Morgan fingerprint density at radius 3 is 2.38 bits per heavy atom. The average molecular weight is 230 g/mol. The van der Waals surface area contributed by atoms with Crippen LogP contribution in [0.25, 0.3) is 0 Å². The van der Waals surface area contributed by atoms with Crippen LogP contribution in [0.1, 0.15) is 33.6 Å². The van der Waals surface area contributed by atoms with E-state index in [9.17, 15) is 4.79 Å². The Kier molecular flexibility index (Phi) is 8.21. The summed E-state index contributed by atoms with van der Waals surface area (Å²) < 4.78 is 0. The minimum atomic E-state index is -0.107. The molecule has 0 aliphatic heterocycles. The van der Waals surface area contributed by atoms with Crippen LogP contribution in [0, 0.1) is 11.8 Å². The van der Waals surface area contributed by atoms with Crippen LogP contribution in [0.3, 0.4) is 0 Å². The van der Waals surface area contributed by atoms with Crippen molar-refractivity contribution in [3.05, 3.63) is 0 Å². The molecule has 0 fully saturated rings. The molecule has 0 aromatic carbocycles. The molecule has 16 heavy (non-hydrogen) atoms. The summed E-state index contributed by atoms with van der Waals surface area (Å²) >= 11 is 0. The van der Waals surface area contributed by atoms with Crippen molar-refractivity contribution in [1.29, 1.82) is 0 Å². The van der Waals surface area contributed by atoms with Crippen LogP contribution >= 0.6 is 0 Å². The van der Waals surface area contributed by atoms with Crippen LogP contribution < -0.4 is 10.6 Å². The predicted molar refractivity (Wildman–Crippen MR) is 66.2 cm³/mol. The van der Waals surface area contributed by atoms with Gasteiger partial charge >= 0.3 is 0 Å². The topological polar surface area (TPSA) is 61.4 Å². The molecule has 0 rings (SSSR count). The maximum Gasteiger partial charge on any atom is 0.237 e. The van der Waals surface area contributed by atoms with Crippen molar-refractivity contribution >= 4 is 5.91 Å². The van der Waals surface area contributed by atoms with E-state index in [1.54, 1.807) is 0 Å². The van der Waals surface area contributed by atoms with Gasteiger partial charge in [0, 0.05) is 13.2 Å². The molecule has 1 amide bonds. The van der Waals surface area contributed by atoms with Crippen molar-refractivity contribution in [2.24, 2.45) is 11.8 Å². The molecule has 0 saturated carbocycles. The summed E-state index contributed by atoms with van der Waals surface area (Å²) in [6, 6.07) is -0.107. The summed E-state index contributed by atoms with van der Waals surface area (Å²) in [5.41, 5.74) is 0. The number of carbonyl (C=O) groups is 1. The Morgan fingerprint density at radius 1 is 1.31 bits per heavy atom. The second-order valence-electron chi connectivity index (χ2n) is 4.84. The highest BCUT2D eigenvalue weighted by molar-refractivity contribution is 5.81. The van der Waals surface area contributed by atoms with Gasteiger partial charge in [0.05, 0.1) is 6.04 Å². The van der Waals surface area contributed by atoms with Crippen molar-refractivity contribution in [2.45, 2.75) is 39.7 Å². The SMILES string of the molecule is CNC(CC(C)C)C(=O)NCCC(C)CO. The largest absolute Gasteiger partial charge is 0.396 e. The van der Waals surface area contributed by atoms with E-state index in [2.05, 4.69) is 24.5 Å². The maximum atomic E-state index is 11.7. The molecule has 3 N–H and O–H groups in total. The number of aliphatic hydroxyl groups is 1. The molecule has 0 bridgehead atoms. The minimum absolute atomic E-state index is 0.0568. The number of aliphatic hydroxyl groups excluding tert-OH is 1. The van der Waals surface area contributed by atoms with E-state index in [0.717, 1.165) is 12.8 Å². The van der Waals surface area contributed by atoms with Gasteiger partial charge in [0.1, 0.15) is 0 Å². The van der Waals surface area contributed by atoms with E-state index in [4.69, 9.17) is 5.11 Å². The Hall–Kier alpha value is -0.610. The third-order valence-electron chi connectivity index (χ3n) is 2.62. The van der Waals surface area contributed by atoms with Gasteiger partial charge in [0.15, 0.2) is 0 Å². The van der Waals surface area contributed by atoms with Crippen molar-refractivity contribution < 1.29 is 9.90 Å². The highest BCUT2D eigenvalue weighted by Gasteiger charge is 2.17.